The highest BCUT2D eigenvalue weighted by atomic mass is 19.3. The molecule has 0 aliphatic rings. The van der Waals surface area contributed by atoms with Crippen molar-refractivity contribution in [2.45, 2.75) is 26.0 Å². The minimum Gasteiger partial charge on any atom is -0.435 e. The molecule has 0 radical (unpaired) electrons. The fourth-order valence-corrected chi connectivity index (χ4v) is 2.61. The van der Waals surface area contributed by atoms with Gasteiger partial charge in [-0.15, -0.1) is 0 Å². The van der Waals surface area contributed by atoms with Crippen molar-refractivity contribution >= 4 is 11.6 Å². The van der Waals surface area contributed by atoms with E-state index < -0.39 is 6.61 Å². The van der Waals surface area contributed by atoms with Gasteiger partial charge < -0.3 is 10.1 Å². The Labute approximate surface area is 154 Å². The molecule has 0 bridgehead atoms. The molecular formula is C19H18F2N4O2. The lowest BCUT2D eigenvalue weighted by atomic mass is 10.0. The Hall–Kier alpha value is -3.29. The Bertz CT molecular complexity index is 871. The van der Waals surface area contributed by atoms with Crippen molar-refractivity contribution in [3.05, 3.63) is 72.3 Å². The van der Waals surface area contributed by atoms with Crippen molar-refractivity contribution in [2.75, 3.05) is 5.32 Å². The number of hydrogen-bond acceptors (Lipinski definition) is 4. The van der Waals surface area contributed by atoms with Crippen LogP contribution in [0, 0.1) is 0 Å². The van der Waals surface area contributed by atoms with Gasteiger partial charge in [-0.2, -0.15) is 13.9 Å². The predicted octanol–water partition coefficient (Wildman–Crippen LogP) is 3.50. The molecule has 27 heavy (non-hydrogen) atoms. The van der Waals surface area contributed by atoms with Crippen LogP contribution in [0.5, 0.6) is 5.75 Å². The molecule has 6 nitrogen and oxygen atoms in total. The third-order valence-electron chi connectivity index (χ3n) is 3.83. The Morgan fingerprint density at radius 1 is 1.19 bits per heavy atom. The zero-order valence-electron chi connectivity index (χ0n) is 14.4. The third kappa shape index (κ3) is 5.60. The van der Waals surface area contributed by atoms with Crippen LogP contribution in [0.4, 0.5) is 14.5 Å². The van der Waals surface area contributed by atoms with E-state index in [0.29, 0.717) is 24.2 Å². The van der Waals surface area contributed by atoms with Crippen LogP contribution in [-0.4, -0.2) is 27.3 Å². The number of ether oxygens (including phenoxy) is 1. The van der Waals surface area contributed by atoms with Gasteiger partial charge in [-0.3, -0.25) is 9.48 Å². The minimum absolute atomic E-state index is 0.0921. The Balaban J connectivity index is 1.71. The number of carbonyl (C=O) groups excluding carboxylic acids is 1. The second-order valence-corrected chi connectivity index (χ2v) is 5.82. The van der Waals surface area contributed by atoms with E-state index in [-0.39, 0.29) is 18.1 Å². The number of aromatic nitrogens is 3. The maximum Gasteiger partial charge on any atom is 0.387 e. The van der Waals surface area contributed by atoms with Crippen LogP contribution in [0.2, 0.25) is 0 Å². The topological polar surface area (TPSA) is 69.0 Å². The Morgan fingerprint density at radius 2 is 2.00 bits per heavy atom. The number of nitrogens with zero attached hydrogens (tertiary/aromatic N) is 3. The number of halogens is 2. The third-order valence-corrected chi connectivity index (χ3v) is 3.83. The fourth-order valence-electron chi connectivity index (χ4n) is 2.61. The summed E-state index contributed by atoms with van der Waals surface area (Å²) >= 11 is 0. The first-order valence-electron chi connectivity index (χ1n) is 8.34. The van der Waals surface area contributed by atoms with Crippen molar-refractivity contribution in [3.63, 3.8) is 0 Å². The van der Waals surface area contributed by atoms with E-state index in [0.717, 1.165) is 5.56 Å². The van der Waals surface area contributed by atoms with Crippen LogP contribution in [0.25, 0.3) is 0 Å². The highest BCUT2D eigenvalue weighted by molar-refractivity contribution is 5.90. The maximum atomic E-state index is 12.7. The minimum atomic E-state index is -2.91. The molecular weight excluding hydrogens is 354 g/mol. The standard InChI is InChI=1S/C19H18F2N4O2/c20-19(21)27-17-7-6-16(11-15(17)10-14-4-2-1-3-5-14)24-18(26)8-9-25-13-22-12-23-25/h1-7,11-13,19H,8-10H2,(H,24,26). The zero-order valence-corrected chi connectivity index (χ0v) is 14.4. The van der Waals surface area contributed by atoms with Crippen LogP contribution in [0.3, 0.4) is 0 Å². The molecule has 0 aliphatic carbocycles. The molecule has 140 valence electrons. The lowest BCUT2D eigenvalue weighted by molar-refractivity contribution is -0.116. The first-order valence-corrected chi connectivity index (χ1v) is 8.34. The van der Waals surface area contributed by atoms with Crippen LogP contribution in [0.15, 0.2) is 61.2 Å². The summed E-state index contributed by atoms with van der Waals surface area (Å²) in [5, 5.41) is 6.70. The molecule has 0 aliphatic heterocycles. The summed E-state index contributed by atoms with van der Waals surface area (Å²) in [6, 6.07) is 14.1. The lowest BCUT2D eigenvalue weighted by Gasteiger charge is -2.13. The molecule has 0 fully saturated rings. The van der Waals surface area contributed by atoms with Crippen molar-refractivity contribution in [1.29, 1.82) is 0 Å². The average Bonchev–Trinajstić information content (AvgIpc) is 3.16. The summed E-state index contributed by atoms with van der Waals surface area (Å²) in [4.78, 5) is 15.9. The number of alkyl halides is 2. The highest BCUT2D eigenvalue weighted by Crippen LogP contribution is 2.27. The summed E-state index contributed by atoms with van der Waals surface area (Å²) in [6.07, 6.45) is 3.55. The van der Waals surface area contributed by atoms with Crippen LogP contribution < -0.4 is 10.1 Å². The van der Waals surface area contributed by atoms with Crippen LogP contribution in [0.1, 0.15) is 17.5 Å². The van der Waals surface area contributed by atoms with Crippen molar-refractivity contribution in [2.24, 2.45) is 0 Å². The number of hydrogen-bond donors (Lipinski definition) is 1. The van der Waals surface area contributed by atoms with Gasteiger partial charge in [0.2, 0.25) is 5.91 Å². The maximum absolute atomic E-state index is 12.7. The summed E-state index contributed by atoms with van der Waals surface area (Å²) in [5.41, 5.74) is 2.04. The number of anilines is 1. The van der Waals surface area contributed by atoms with Gasteiger partial charge in [0.25, 0.3) is 0 Å². The second-order valence-electron chi connectivity index (χ2n) is 5.82. The number of rotatable bonds is 8. The largest absolute Gasteiger partial charge is 0.435 e. The molecule has 1 heterocycles. The van der Waals surface area contributed by atoms with E-state index >= 15 is 0 Å². The average molecular weight is 372 g/mol. The summed E-state index contributed by atoms with van der Waals surface area (Å²) in [7, 11) is 0. The van der Waals surface area contributed by atoms with Crippen molar-refractivity contribution in [1.82, 2.24) is 14.8 Å². The Kier molecular flexibility index (Phi) is 6.09. The first-order chi connectivity index (χ1) is 13.1. The molecule has 3 aromatic rings. The molecule has 1 amide bonds. The van der Waals surface area contributed by atoms with E-state index in [2.05, 4.69) is 20.1 Å². The van der Waals surface area contributed by atoms with E-state index in [1.54, 1.807) is 16.8 Å². The van der Waals surface area contributed by atoms with Gasteiger partial charge in [0.15, 0.2) is 0 Å². The molecule has 2 aromatic carbocycles. The van der Waals surface area contributed by atoms with Gasteiger partial charge in [0, 0.05) is 24.1 Å². The number of amides is 1. The smallest absolute Gasteiger partial charge is 0.387 e. The lowest BCUT2D eigenvalue weighted by Crippen LogP contribution is -2.15. The molecule has 0 spiro atoms. The van der Waals surface area contributed by atoms with Crippen LogP contribution >= 0.6 is 0 Å². The molecule has 3 rings (SSSR count). The van der Waals surface area contributed by atoms with E-state index in [4.69, 9.17) is 0 Å². The normalized spacial score (nSPS) is 10.8. The number of carbonyl (C=O) groups is 1. The number of aryl methyl sites for hydroxylation is 1. The molecule has 0 atom stereocenters. The zero-order chi connectivity index (χ0) is 19.1. The molecule has 8 heteroatoms. The molecule has 1 aromatic heterocycles. The fraction of sp³-hybridized carbons (Fsp3) is 0.211. The summed E-state index contributed by atoms with van der Waals surface area (Å²) in [5.74, 6) is -0.117. The monoisotopic (exact) mass is 372 g/mol. The highest BCUT2D eigenvalue weighted by Gasteiger charge is 2.12. The first kappa shape index (κ1) is 18.5. The summed E-state index contributed by atoms with van der Waals surface area (Å²) in [6.45, 7) is -2.52. The van der Waals surface area contributed by atoms with Gasteiger partial charge in [-0.1, -0.05) is 30.3 Å². The van der Waals surface area contributed by atoms with Crippen molar-refractivity contribution < 1.29 is 18.3 Å². The van der Waals surface area contributed by atoms with Gasteiger partial charge in [0.05, 0.1) is 6.54 Å². The second kappa shape index (κ2) is 8.88. The Morgan fingerprint density at radius 3 is 2.70 bits per heavy atom. The quantitative estimate of drug-likeness (QED) is 0.657. The van der Waals surface area contributed by atoms with Gasteiger partial charge in [-0.25, -0.2) is 4.98 Å². The molecule has 0 saturated heterocycles. The summed E-state index contributed by atoms with van der Waals surface area (Å²) < 4.78 is 31.5. The number of benzene rings is 2. The van der Waals surface area contributed by atoms with E-state index in [9.17, 15) is 13.6 Å². The molecule has 0 saturated carbocycles. The molecule has 1 N–H and O–H groups in total. The predicted molar refractivity (Wildman–Crippen MR) is 95.6 cm³/mol. The van der Waals surface area contributed by atoms with Crippen molar-refractivity contribution in [3.8, 4) is 5.75 Å². The van der Waals surface area contributed by atoms with Crippen LogP contribution in [-0.2, 0) is 17.8 Å². The molecule has 0 unspecified atom stereocenters. The SMILES string of the molecule is O=C(CCn1cncn1)Nc1ccc(OC(F)F)c(Cc2ccccc2)c1. The van der Waals surface area contributed by atoms with Gasteiger partial charge in [-0.05, 0) is 23.8 Å². The van der Waals surface area contributed by atoms with Gasteiger partial charge >= 0.3 is 6.61 Å². The van der Waals surface area contributed by atoms with E-state index in [1.165, 1.54) is 18.7 Å². The van der Waals surface area contributed by atoms with Gasteiger partial charge in [0.1, 0.15) is 18.4 Å². The number of nitrogens with one attached hydrogen (secondary N) is 1. The van der Waals surface area contributed by atoms with E-state index in [1.807, 2.05) is 30.3 Å².